The summed E-state index contributed by atoms with van der Waals surface area (Å²) < 4.78 is 18.3. The van der Waals surface area contributed by atoms with Gasteiger partial charge in [-0.3, -0.25) is 14.4 Å². The molecule has 0 aromatic heterocycles. The van der Waals surface area contributed by atoms with Crippen molar-refractivity contribution in [3.63, 3.8) is 0 Å². The van der Waals surface area contributed by atoms with E-state index in [9.17, 15) is 18.8 Å². The van der Waals surface area contributed by atoms with E-state index in [4.69, 9.17) is 9.84 Å². The number of ketones is 1. The van der Waals surface area contributed by atoms with E-state index in [0.29, 0.717) is 0 Å². The fourth-order valence-electron chi connectivity index (χ4n) is 2.05. The third-order valence-corrected chi connectivity index (χ3v) is 3.29. The van der Waals surface area contributed by atoms with Crippen LogP contribution in [0.25, 0.3) is 0 Å². The molecule has 6 nitrogen and oxygen atoms in total. The van der Waals surface area contributed by atoms with Gasteiger partial charge < -0.3 is 14.7 Å². The summed E-state index contributed by atoms with van der Waals surface area (Å²) in [5.74, 6) is -2.55. The first kappa shape index (κ1) is 18.6. The first-order chi connectivity index (χ1) is 10.8. The summed E-state index contributed by atoms with van der Waals surface area (Å²) in [5, 5.41) is 8.80. The van der Waals surface area contributed by atoms with E-state index in [-0.39, 0.29) is 36.0 Å². The maximum atomic E-state index is 13.6. The van der Waals surface area contributed by atoms with Gasteiger partial charge in [-0.15, -0.1) is 0 Å². The number of carbonyl (C=O) groups excluding carboxylic acids is 2. The minimum Gasteiger partial charge on any atom is -0.494 e. The van der Waals surface area contributed by atoms with Crippen molar-refractivity contribution >= 4 is 17.7 Å². The number of hydrogen-bond acceptors (Lipinski definition) is 4. The number of rotatable bonds is 8. The van der Waals surface area contributed by atoms with Gasteiger partial charge in [-0.25, -0.2) is 4.39 Å². The highest BCUT2D eigenvalue weighted by Crippen LogP contribution is 2.19. The van der Waals surface area contributed by atoms with Crippen LogP contribution in [-0.2, 0) is 9.59 Å². The molecule has 1 rings (SSSR count). The lowest BCUT2D eigenvalue weighted by Gasteiger charge is -2.24. The SMILES string of the molecule is COc1ccc(C(=O)CCC(=O)N(CC(=O)O)C(C)C)cc1F. The molecule has 0 saturated carbocycles. The molecule has 1 N–H and O–H groups in total. The molecular formula is C16H20FNO5. The molecular weight excluding hydrogens is 305 g/mol. The van der Waals surface area contributed by atoms with Crippen LogP contribution in [0.5, 0.6) is 5.75 Å². The van der Waals surface area contributed by atoms with Crippen molar-refractivity contribution < 1.29 is 28.6 Å². The molecule has 0 heterocycles. The summed E-state index contributed by atoms with van der Waals surface area (Å²) in [6.07, 6.45) is -0.245. The minimum absolute atomic E-state index is 0.0325. The van der Waals surface area contributed by atoms with Crippen LogP contribution >= 0.6 is 0 Å². The summed E-state index contributed by atoms with van der Waals surface area (Å²) in [6, 6.07) is 3.54. The molecule has 0 radical (unpaired) electrons. The number of halogens is 1. The van der Waals surface area contributed by atoms with E-state index in [1.807, 2.05) is 0 Å². The molecule has 23 heavy (non-hydrogen) atoms. The number of methoxy groups -OCH3 is 1. The molecule has 0 aliphatic heterocycles. The Balaban J connectivity index is 2.69. The van der Waals surface area contributed by atoms with Crippen LogP contribution < -0.4 is 4.74 Å². The third kappa shape index (κ3) is 5.36. The number of carboxylic acid groups (broad SMARTS) is 1. The maximum absolute atomic E-state index is 13.6. The van der Waals surface area contributed by atoms with Gasteiger partial charge in [0.15, 0.2) is 17.3 Å². The van der Waals surface area contributed by atoms with Crippen molar-refractivity contribution in [3.05, 3.63) is 29.6 Å². The second-order valence-electron chi connectivity index (χ2n) is 5.28. The average molecular weight is 325 g/mol. The van der Waals surface area contributed by atoms with Crippen LogP contribution in [0, 0.1) is 5.82 Å². The van der Waals surface area contributed by atoms with Crippen LogP contribution in [0.15, 0.2) is 18.2 Å². The number of aliphatic carboxylic acids is 1. The molecule has 126 valence electrons. The van der Waals surface area contributed by atoms with Gasteiger partial charge in [-0.1, -0.05) is 0 Å². The Morgan fingerprint density at radius 3 is 2.39 bits per heavy atom. The molecule has 0 spiro atoms. The highest BCUT2D eigenvalue weighted by Gasteiger charge is 2.21. The summed E-state index contributed by atoms with van der Waals surface area (Å²) in [4.78, 5) is 36.0. The van der Waals surface area contributed by atoms with Gasteiger partial charge in [0.1, 0.15) is 6.54 Å². The van der Waals surface area contributed by atoms with Gasteiger partial charge in [-0.2, -0.15) is 0 Å². The quantitative estimate of drug-likeness (QED) is 0.740. The van der Waals surface area contributed by atoms with Gasteiger partial charge >= 0.3 is 5.97 Å². The first-order valence-electron chi connectivity index (χ1n) is 7.14. The zero-order chi connectivity index (χ0) is 17.6. The number of hydrogen-bond donors (Lipinski definition) is 1. The van der Waals surface area contributed by atoms with Crippen LogP contribution in [0.4, 0.5) is 4.39 Å². The van der Waals surface area contributed by atoms with Crippen molar-refractivity contribution in [2.45, 2.75) is 32.7 Å². The summed E-state index contributed by atoms with van der Waals surface area (Å²) in [6.45, 7) is 2.98. The summed E-state index contributed by atoms with van der Waals surface area (Å²) in [7, 11) is 1.32. The standard InChI is InChI=1S/C16H20FNO5/c1-10(2)18(9-16(21)22)15(20)7-5-13(19)11-4-6-14(23-3)12(17)8-11/h4,6,8,10H,5,7,9H2,1-3H3,(H,21,22). The maximum Gasteiger partial charge on any atom is 0.323 e. The van der Waals surface area contributed by atoms with Gasteiger partial charge in [-0.05, 0) is 32.0 Å². The number of ether oxygens (including phenoxy) is 1. The Hall–Kier alpha value is -2.44. The molecule has 0 aliphatic rings. The Bertz CT molecular complexity index is 600. The molecule has 1 amide bonds. The Kier molecular flexibility index (Phi) is 6.68. The average Bonchev–Trinajstić information content (AvgIpc) is 2.49. The lowest BCUT2D eigenvalue weighted by atomic mass is 10.1. The topological polar surface area (TPSA) is 83.9 Å². The van der Waals surface area contributed by atoms with Crippen molar-refractivity contribution in [3.8, 4) is 5.75 Å². The molecule has 0 atom stereocenters. The normalized spacial score (nSPS) is 10.5. The lowest BCUT2D eigenvalue weighted by molar-refractivity contribution is -0.145. The van der Waals surface area contributed by atoms with Crippen molar-refractivity contribution in [2.24, 2.45) is 0 Å². The van der Waals surface area contributed by atoms with Gasteiger partial charge in [0.25, 0.3) is 0 Å². The van der Waals surface area contributed by atoms with E-state index < -0.39 is 24.2 Å². The summed E-state index contributed by atoms with van der Waals surface area (Å²) >= 11 is 0. The molecule has 0 aliphatic carbocycles. The van der Waals surface area contributed by atoms with E-state index in [1.54, 1.807) is 13.8 Å². The Morgan fingerprint density at radius 2 is 1.91 bits per heavy atom. The molecule has 0 unspecified atom stereocenters. The molecule has 0 saturated heterocycles. The monoisotopic (exact) mass is 325 g/mol. The van der Waals surface area contributed by atoms with Crippen molar-refractivity contribution in [1.29, 1.82) is 0 Å². The highest BCUT2D eigenvalue weighted by atomic mass is 19.1. The number of Topliss-reactive ketones (excluding diaryl/α,β-unsaturated/α-hetero) is 1. The number of carboxylic acids is 1. The number of carbonyl (C=O) groups is 3. The van der Waals surface area contributed by atoms with E-state index in [1.165, 1.54) is 24.1 Å². The van der Waals surface area contributed by atoms with Gasteiger partial charge in [0.05, 0.1) is 7.11 Å². The fourth-order valence-corrected chi connectivity index (χ4v) is 2.05. The first-order valence-corrected chi connectivity index (χ1v) is 7.14. The minimum atomic E-state index is -1.12. The zero-order valence-electron chi connectivity index (χ0n) is 13.3. The van der Waals surface area contributed by atoms with Crippen LogP contribution in [0.1, 0.15) is 37.0 Å². The highest BCUT2D eigenvalue weighted by molar-refractivity contribution is 5.98. The predicted octanol–water partition coefficient (Wildman–Crippen LogP) is 2.12. The lowest BCUT2D eigenvalue weighted by Crippen LogP contribution is -2.40. The van der Waals surface area contributed by atoms with Crippen molar-refractivity contribution in [1.82, 2.24) is 4.90 Å². The molecule has 1 aromatic carbocycles. The number of nitrogens with zero attached hydrogens (tertiary/aromatic N) is 1. The van der Waals surface area contributed by atoms with E-state index >= 15 is 0 Å². The second-order valence-corrected chi connectivity index (χ2v) is 5.28. The molecule has 0 fully saturated rings. The van der Waals surface area contributed by atoms with Crippen LogP contribution in [-0.4, -0.2) is 47.4 Å². The van der Waals surface area contributed by atoms with Crippen molar-refractivity contribution in [2.75, 3.05) is 13.7 Å². The van der Waals surface area contributed by atoms with Crippen LogP contribution in [0.3, 0.4) is 0 Å². The zero-order valence-corrected chi connectivity index (χ0v) is 13.3. The Labute approximate surface area is 133 Å². The second kappa shape index (κ2) is 8.26. The van der Waals surface area contributed by atoms with E-state index in [0.717, 1.165) is 6.07 Å². The number of amides is 1. The summed E-state index contributed by atoms with van der Waals surface area (Å²) in [5.41, 5.74) is 0.144. The Morgan fingerprint density at radius 1 is 1.26 bits per heavy atom. The van der Waals surface area contributed by atoms with E-state index in [2.05, 4.69) is 0 Å². The van der Waals surface area contributed by atoms with Gasteiger partial charge in [0.2, 0.25) is 5.91 Å². The fraction of sp³-hybridized carbons (Fsp3) is 0.438. The smallest absolute Gasteiger partial charge is 0.323 e. The largest absolute Gasteiger partial charge is 0.494 e. The van der Waals surface area contributed by atoms with Gasteiger partial charge in [0, 0.05) is 24.4 Å². The third-order valence-electron chi connectivity index (χ3n) is 3.29. The molecule has 0 bridgehead atoms. The predicted molar refractivity (Wildman–Crippen MR) is 81.0 cm³/mol. The van der Waals surface area contributed by atoms with Crippen LogP contribution in [0.2, 0.25) is 0 Å². The molecule has 7 heteroatoms. The number of benzene rings is 1. The molecule has 1 aromatic rings.